The number of allylic oxidation sites excluding steroid dienone is 1. The average molecular weight is 398 g/mol. The van der Waals surface area contributed by atoms with E-state index in [1.54, 1.807) is 26.0 Å². The first-order valence-corrected chi connectivity index (χ1v) is 10.8. The van der Waals surface area contributed by atoms with Gasteiger partial charge in [0.1, 0.15) is 5.76 Å². The van der Waals surface area contributed by atoms with E-state index in [1.165, 1.54) is 5.41 Å². The van der Waals surface area contributed by atoms with Gasteiger partial charge < -0.3 is 4.52 Å². The van der Waals surface area contributed by atoms with E-state index in [2.05, 4.69) is 0 Å². The van der Waals surface area contributed by atoms with Crippen LogP contribution in [0.25, 0.3) is 6.08 Å². The molecule has 1 aromatic carbocycles. The molecule has 0 aliphatic carbocycles. The van der Waals surface area contributed by atoms with E-state index < -0.39 is 13.2 Å². The predicted octanol–water partition coefficient (Wildman–Crippen LogP) is 6.04. The molecule has 1 rings (SSSR count). The summed E-state index contributed by atoms with van der Waals surface area (Å²) >= 11 is 0.994. The Kier molecular flexibility index (Phi) is 9.37. The number of hydrogen-bond acceptors (Lipinski definition) is 6. The Hall–Kier alpha value is -1.33. The summed E-state index contributed by atoms with van der Waals surface area (Å²) in [5.41, 5.74) is 0.440. The molecule has 0 aliphatic heterocycles. The van der Waals surface area contributed by atoms with Crippen molar-refractivity contribution in [3.8, 4) is 0 Å². The maximum atomic E-state index is 12.6. The van der Waals surface area contributed by atoms with Crippen LogP contribution in [-0.2, 0) is 22.9 Å². The van der Waals surface area contributed by atoms with Crippen LogP contribution in [0.5, 0.6) is 0 Å². The van der Waals surface area contributed by atoms with E-state index in [0.717, 1.165) is 17.3 Å². The van der Waals surface area contributed by atoms with Gasteiger partial charge in [0.2, 0.25) is 0 Å². The Balaban J connectivity index is 3.05. The largest absolute Gasteiger partial charge is 0.530 e. The van der Waals surface area contributed by atoms with Crippen molar-refractivity contribution in [3.05, 3.63) is 53.1 Å². The predicted molar refractivity (Wildman–Crippen MR) is 108 cm³/mol. The molecular weight excluding hydrogens is 371 g/mol. The van der Waals surface area contributed by atoms with Crippen LogP contribution in [0.2, 0.25) is 0 Å². The number of thioether (sulfide) groups is 1. The molecule has 0 fully saturated rings. The first-order valence-electron chi connectivity index (χ1n) is 8.43. The van der Waals surface area contributed by atoms with Gasteiger partial charge in [-0.25, -0.2) is 4.57 Å². The second kappa shape index (κ2) is 10.7. The number of benzene rings is 1. The summed E-state index contributed by atoms with van der Waals surface area (Å²) in [5.74, 6) is 0.238. The van der Waals surface area contributed by atoms with Crippen molar-refractivity contribution in [3.63, 3.8) is 0 Å². The van der Waals surface area contributed by atoms with E-state index in [1.807, 2.05) is 51.1 Å². The molecule has 5 nitrogen and oxygen atoms in total. The van der Waals surface area contributed by atoms with E-state index >= 15 is 0 Å². The lowest BCUT2D eigenvalue weighted by Gasteiger charge is -2.18. The maximum Gasteiger partial charge on any atom is 0.530 e. The Morgan fingerprint density at radius 3 is 2.19 bits per heavy atom. The minimum atomic E-state index is -3.74. The molecule has 7 heteroatoms. The third kappa shape index (κ3) is 8.37. The maximum absolute atomic E-state index is 12.6. The lowest BCUT2D eigenvalue weighted by molar-refractivity contribution is -0.117. The fourth-order valence-corrected chi connectivity index (χ4v) is 3.62. The van der Waals surface area contributed by atoms with Crippen LogP contribution in [0.4, 0.5) is 0 Å². The van der Waals surface area contributed by atoms with Crippen LogP contribution >= 0.6 is 19.6 Å². The summed E-state index contributed by atoms with van der Waals surface area (Å²) in [4.78, 5) is 12.2. The molecule has 0 atom stereocenters. The number of hydrogen-bond donors (Lipinski definition) is 0. The van der Waals surface area contributed by atoms with Crippen molar-refractivity contribution >= 4 is 30.8 Å². The molecule has 0 aromatic heterocycles. The van der Waals surface area contributed by atoms with Crippen molar-refractivity contribution in [1.29, 1.82) is 0 Å². The summed E-state index contributed by atoms with van der Waals surface area (Å²) < 4.78 is 28.5. The molecule has 144 valence electrons. The number of carbonyl (C=O) groups excluding carboxylic acids is 1. The van der Waals surface area contributed by atoms with Crippen molar-refractivity contribution in [2.24, 2.45) is 5.41 Å². The monoisotopic (exact) mass is 398 g/mol. The number of phosphoric acid groups is 1. The summed E-state index contributed by atoms with van der Waals surface area (Å²) in [6, 6.07) is 9.58. The lowest BCUT2D eigenvalue weighted by atomic mass is 10.00. The highest BCUT2D eigenvalue weighted by Gasteiger charge is 2.28. The second-order valence-electron chi connectivity index (χ2n) is 6.29. The normalized spacial score (nSPS) is 13.2. The summed E-state index contributed by atoms with van der Waals surface area (Å²) in [6.07, 6.45) is 3.44. The molecule has 0 radical (unpaired) electrons. The standard InChI is InChI=1S/C19H27O5PS/c1-6-22-25(21,23-7-2)24-17(15-26-18(20)19(3,4)5)14-13-16-11-9-8-10-12-16/h8-15H,6-7H2,1-5H3/b14-13+,17-15-. The van der Waals surface area contributed by atoms with Gasteiger partial charge in [-0.05, 0) is 25.5 Å². The SMILES string of the molecule is CCOP(=O)(OCC)OC(=C\SC(=O)C(C)(C)C)/C=C/c1ccccc1. The van der Waals surface area contributed by atoms with Crippen molar-refractivity contribution < 1.29 is 22.9 Å². The number of rotatable bonds is 9. The molecule has 0 aliphatic rings. The van der Waals surface area contributed by atoms with Crippen molar-refractivity contribution in [2.75, 3.05) is 13.2 Å². The van der Waals surface area contributed by atoms with Gasteiger partial charge >= 0.3 is 7.82 Å². The second-order valence-corrected chi connectivity index (χ2v) is 8.73. The third-order valence-corrected chi connectivity index (χ3v) is 5.69. The Bertz CT molecular complexity index is 667. The highest BCUT2D eigenvalue weighted by Crippen LogP contribution is 2.51. The van der Waals surface area contributed by atoms with E-state index in [0.29, 0.717) is 0 Å². The fraction of sp³-hybridized carbons (Fsp3) is 0.421. The Morgan fingerprint density at radius 2 is 1.69 bits per heavy atom. The fourth-order valence-electron chi connectivity index (χ4n) is 1.66. The van der Waals surface area contributed by atoms with Gasteiger partial charge in [-0.3, -0.25) is 13.8 Å². The van der Waals surface area contributed by atoms with E-state index in [-0.39, 0.29) is 24.1 Å². The van der Waals surface area contributed by atoms with Crippen LogP contribution in [0.3, 0.4) is 0 Å². The smallest absolute Gasteiger partial charge is 0.403 e. The molecule has 0 saturated carbocycles. The molecular formula is C19H27O5PS. The topological polar surface area (TPSA) is 61.8 Å². The molecule has 0 bridgehead atoms. The van der Waals surface area contributed by atoms with Gasteiger partial charge in [0.25, 0.3) is 0 Å². The van der Waals surface area contributed by atoms with Crippen molar-refractivity contribution in [1.82, 2.24) is 0 Å². The molecule has 26 heavy (non-hydrogen) atoms. The third-order valence-electron chi connectivity index (χ3n) is 2.93. The highest BCUT2D eigenvalue weighted by atomic mass is 32.2. The zero-order chi connectivity index (χ0) is 19.6. The van der Waals surface area contributed by atoms with Gasteiger partial charge in [-0.2, -0.15) is 0 Å². The van der Waals surface area contributed by atoms with Gasteiger partial charge in [0.05, 0.1) is 13.2 Å². The summed E-state index contributed by atoms with van der Waals surface area (Å²) in [7, 11) is -3.74. The van der Waals surface area contributed by atoms with Gasteiger partial charge in [-0.1, -0.05) is 68.9 Å². The first-order chi connectivity index (χ1) is 12.2. The Labute approximate surface area is 160 Å². The van der Waals surface area contributed by atoms with E-state index in [4.69, 9.17) is 13.6 Å². The number of carbonyl (C=O) groups is 1. The summed E-state index contributed by atoms with van der Waals surface area (Å²) in [5, 5.41) is 1.49. The summed E-state index contributed by atoms with van der Waals surface area (Å²) in [6.45, 7) is 9.28. The quantitative estimate of drug-likeness (QED) is 0.287. The van der Waals surface area contributed by atoms with Crippen LogP contribution < -0.4 is 0 Å². The average Bonchev–Trinajstić information content (AvgIpc) is 2.57. The Morgan fingerprint density at radius 1 is 1.12 bits per heavy atom. The molecule has 1 aromatic rings. The van der Waals surface area contributed by atoms with Gasteiger partial charge in [0, 0.05) is 10.8 Å². The molecule has 0 unspecified atom stereocenters. The van der Waals surface area contributed by atoms with Gasteiger partial charge in [-0.15, -0.1) is 0 Å². The molecule has 0 saturated heterocycles. The molecule has 0 spiro atoms. The lowest BCUT2D eigenvalue weighted by Crippen LogP contribution is -2.15. The van der Waals surface area contributed by atoms with E-state index in [9.17, 15) is 9.36 Å². The molecule has 0 heterocycles. The van der Waals surface area contributed by atoms with Crippen LogP contribution in [0.1, 0.15) is 40.2 Å². The highest BCUT2D eigenvalue weighted by molar-refractivity contribution is 8.16. The molecule has 0 N–H and O–H groups in total. The zero-order valence-electron chi connectivity index (χ0n) is 15.9. The van der Waals surface area contributed by atoms with Gasteiger partial charge in [0.15, 0.2) is 5.12 Å². The molecule has 0 amide bonds. The first kappa shape index (κ1) is 22.7. The van der Waals surface area contributed by atoms with Crippen molar-refractivity contribution in [2.45, 2.75) is 34.6 Å². The van der Waals surface area contributed by atoms with Crippen LogP contribution in [0.15, 0.2) is 47.6 Å². The van der Waals surface area contributed by atoms with Crippen LogP contribution in [-0.4, -0.2) is 18.3 Å². The minimum Gasteiger partial charge on any atom is -0.403 e. The number of phosphoric ester groups is 1. The zero-order valence-corrected chi connectivity index (χ0v) is 17.6. The minimum absolute atomic E-state index is 0.0330. The van der Waals surface area contributed by atoms with Crippen LogP contribution in [0, 0.1) is 5.41 Å².